The Morgan fingerprint density at radius 2 is 2.08 bits per heavy atom. The number of hydrogen-bond acceptors (Lipinski definition) is 1. The van der Waals surface area contributed by atoms with E-state index in [0.717, 1.165) is 5.69 Å². The fourth-order valence-electron chi connectivity index (χ4n) is 1.25. The first-order chi connectivity index (χ1) is 6.27. The van der Waals surface area contributed by atoms with Gasteiger partial charge in [-0.3, -0.25) is 0 Å². The van der Waals surface area contributed by atoms with Crippen LogP contribution in [0.2, 0.25) is 0 Å². The van der Waals surface area contributed by atoms with Crippen LogP contribution in [-0.4, -0.2) is 4.98 Å². The summed E-state index contributed by atoms with van der Waals surface area (Å²) >= 11 is 0. The van der Waals surface area contributed by atoms with Crippen molar-refractivity contribution in [3.05, 3.63) is 42.3 Å². The van der Waals surface area contributed by atoms with Crippen molar-refractivity contribution >= 4 is 5.69 Å². The first kappa shape index (κ1) is 7.86. The zero-order valence-electron chi connectivity index (χ0n) is 6.92. The second kappa shape index (κ2) is 2.94. The Balaban J connectivity index is 2.57. The molecule has 1 heterocycles. The largest absolute Gasteiger partial charge is 0.399 e. The molecule has 2 nitrogen and oxygen atoms in total. The lowest BCUT2D eigenvalue weighted by molar-refractivity contribution is 0.631. The van der Waals surface area contributed by atoms with Gasteiger partial charge < -0.3 is 10.7 Å². The molecule has 1 aromatic carbocycles. The van der Waals surface area contributed by atoms with E-state index in [1.165, 1.54) is 6.07 Å². The van der Waals surface area contributed by atoms with Crippen molar-refractivity contribution in [2.45, 2.75) is 0 Å². The summed E-state index contributed by atoms with van der Waals surface area (Å²) in [6, 6.07) is 8.14. The van der Waals surface area contributed by atoms with Crippen LogP contribution in [0.1, 0.15) is 0 Å². The number of H-pyrrole nitrogens is 1. The maximum absolute atomic E-state index is 13.3. The molecule has 0 aliphatic rings. The second-order valence-electron chi connectivity index (χ2n) is 2.82. The zero-order valence-corrected chi connectivity index (χ0v) is 6.92. The Hall–Kier alpha value is -1.77. The number of nitrogens with two attached hydrogens (primary N) is 1. The van der Waals surface area contributed by atoms with E-state index < -0.39 is 0 Å². The van der Waals surface area contributed by atoms with E-state index in [-0.39, 0.29) is 5.82 Å². The summed E-state index contributed by atoms with van der Waals surface area (Å²) in [6.07, 6.45) is 1.75. The highest BCUT2D eigenvalue weighted by Gasteiger charge is 2.04. The summed E-state index contributed by atoms with van der Waals surface area (Å²) in [5.41, 5.74) is 7.36. The average molecular weight is 176 g/mol. The van der Waals surface area contributed by atoms with Crippen molar-refractivity contribution in [2.75, 3.05) is 5.73 Å². The minimum atomic E-state index is -0.267. The number of anilines is 1. The first-order valence-electron chi connectivity index (χ1n) is 3.96. The number of nitrogen functional groups attached to an aromatic ring is 1. The quantitative estimate of drug-likeness (QED) is 0.643. The van der Waals surface area contributed by atoms with Gasteiger partial charge in [-0.25, -0.2) is 4.39 Å². The topological polar surface area (TPSA) is 41.8 Å². The summed E-state index contributed by atoms with van der Waals surface area (Å²) in [5, 5.41) is 0. The second-order valence-corrected chi connectivity index (χ2v) is 2.82. The number of aromatic nitrogens is 1. The van der Waals surface area contributed by atoms with E-state index >= 15 is 0 Å². The lowest BCUT2D eigenvalue weighted by atomic mass is 10.1. The van der Waals surface area contributed by atoms with Crippen LogP contribution in [-0.2, 0) is 0 Å². The van der Waals surface area contributed by atoms with E-state index in [1.54, 1.807) is 24.4 Å². The van der Waals surface area contributed by atoms with Crippen LogP contribution < -0.4 is 5.73 Å². The fraction of sp³-hybridized carbons (Fsp3) is 0. The summed E-state index contributed by atoms with van der Waals surface area (Å²) in [4.78, 5) is 2.93. The van der Waals surface area contributed by atoms with Gasteiger partial charge in [0.2, 0.25) is 0 Å². The summed E-state index contributed by atoms with van der Waals surface area (Å²) in [6.45, 7) is 0. The number of aromatic amines is 1. The third-order valence-electron chi connectivity index (χ3n) is 1.88. The van der Waals surface area contributed by atoms with E-state index in [2.05, 4.69) is 4.98 Å². The molecule has 0 saturated heterocycles. The summed E-state index contributed by atoms with van der Waals surface area (Å²) in [5.74, 6) is -0.267. The number of halogens is 1. The molecule has 3 heteroatoms. The molecule has 0 atom stereocenters. The number of hydrogen-bond donors (Lipinski definition) is 2. The fourth-order valence-corrected chi connectivity index (χ4v) is 1.25. The van der Waals surface area contributed by atoms with Crippen LogP contribution in [0.3, 0.4) is 0 Å². The molecule has 1 aromatic heterocycles. The molecule has 0 saturated carbocycles. The third-order valence-corrected chi connectivity index (χ3v) is 1.88. The van der Waals surface area contributed by atoms with Gasteiger partial charge in [-0.15, -0.1) is 0 Å². The molecule has 2 aromatic rings. The Kier molecular flexibility index (Phi) is 1.77. The Labute approximate surface area is 75.2 Å². The van der Waals surface area contributed by atoms with Crippen LogP contribution in [0.5, 0.6) is 0 Å². The number of benzene rings is 1. The molecule has 2 rings (SSSR count). The normalized spacial score (nSPS) is 10.2. The molecule has 3 N–H and O–H groups in total. The molecule has 0 spiro atoms. The Morgan fingerprint density at radius 1 is 1.23 bits per heavy atom. The highest BCUT2D eigenvalue weighted by Crippen LogP contribution is 2.22. The molecule has 13 heavy (non-hydrogen) atoms. The lowest BCUT2D eigenvalue weighted by Crippen LogP contribution is -1.89. The van der Waals surface area contributed by atoms with Crippen LogP contribution in [0.25, 0.3) is 11.3 Å². The van der Waals surface area contributed by atoms with Gasteiger partial charge in [0, 0.05) is 23.1 Å². The molecule has 0 bridgehead atoms. The monoisotopic (exact) mass is 176 g/mol. The van der Waals surface area contributed by atoms with E-state index in [1.807, 2.05) is 6.07 Å². The van der Waals surface area contributed by atoms with Gasteiger partial charge in [-0.1, -0.05) is 0 Å². The molecule has 0 amide bonds. The Bertz CT molecular complexity index is 407. The highest BCUT2D eigenvalue weighted by atomic mass is 19.1. The Morgan fingerprint density at radius 3 is 2.77 bits per heavy atom. The van der Waals surface area contributed by atoms with Gasteiger partial charge in [0.1, 0.15) is 5.82 Å². The third kappa shape index (κ3) is 1.40. The van der Waals surface area contributed by atoms with Gasteiger partial charge >= 0.3 is 0 Å². The van der Waals surface area contributed by atoms with Gasteiger partial charge in [0.05, 0.1) is 0 Å². The van der Waals surface area contributed by atoms with E-state index in [4.69, 9.17) is 5.73 Å². The van der Waals surface area contributed by atoms with Gasteiger partial charge in [-0.2, -0.15) is 0 Å². The SMILES string of the molecule is Nc1ccc(F)c(-c2ccc[nH]2)c1. The van der Waals surface area contributed by atoms with Gasteiger partial charge in [-0.05, 0) is 30.3 Å². The maximum atomic E-state index is 13.3. The van der Waals surface area contributed by atoms with E-state index in [0.29, 0.717) is 11.3 Å². The lowest BCUT2D eigenvalue weighted by Gasteiger charge is -2.01. The molecule has 0 aliphatic heterocycles. The van der Waals surface area contributed by atoms with E-state index in [9.17, 15) is 4.39 Å². The predicted molar refractivity (Wildman–Crippen MR) is 50.6 cm³/mol. The van der Waals surface area contributed by atoms with Crippen LogP contribution in [0.15, 0.2) is 36.5 Å². The summed E-state index contributed by atoms with van der Waals surface area (Å²) < 4.78 is 13.3. The average Bonchev–Trinajstić information content (AvgIpc) is 2.61. The predicted octanol–water partition coefficient (Wildman–Crippen LogP) is 2.40. The maximum Gasteiger partial charge on any atom is 0.132 e. The van der Waals surface area contributed by atoms with Crippen molar-refractivity contribution in [2.24, 2.45) is 0 Å². The van der Waals surface area contributed by atoms with Crippen LogP contribution >= 0.6 is 0 Å². The van der Waals surface area contributed by atoms with Crippen molar-refractivity contribution in [3.8, 4) is 11.3 Å². The highest BCUT2D eigenvalue weighted by molar-refractivity contribution is 5.64. The van der Waals surface area contributed by atoms with Gasteiger partial charge in [0.15, 0.2) is 0 Å². The van der Waals surface area contributed by atoms with Crippen LogP contribution in [0.4, 0.5) is 10.1 Å². The molecule has 0 radical (unpaired) electrons. The molecule has 0 fully saturated rings. The van der Waals surface area contributed by atoms with Crippen molar-refractivity contribution in [3.63, 3.8) is 0 Å². The zero-order chi connectivity index (χ0) is 9.26. The van der Waals surface area contributed by atoms with Gasteiger partial charge in [0.25, 0.3) is 0 Å². The van der Waals surface area contributed by atoms with Crippen molar-refractivity contribution in [1.29, 1.82) is 0 Å². The molecular weight excluding hydrogens is 167 g/mol. The number of rotatable bonds is 1. The smallest absolute Gasteiger partial charge is 0.132 e. The molecule has 66 valence electrons. The molecule has 0 aliphatic carbocycles. The minimum Gasteiger partial charge on any atom is -0.399 e. The van der Waals surface area contributed by atoms with Crippen molar-refractivity contribution < 1.29 is 4.39 Å². The first-order valence-corrected chi connectivity index (χ1v) is 3.96. The van der Waals surface area contributed by atoms with Crippen molar-refractivity contribution in [1.82, 2.24) is 4.98 Å². The number of nitrogens with one attached hydrogen (secondary N) is 1. The minimum absolute atomic E-state index is 0.267. The summed E-state index contributed by atoms with van der Waals surface area (Å²) in [7, 11) is 0. The van der Waals surface area contributed by atoms with Crippen LogP contribution in [0, 0.1) is 5.82 Å². The molecular formula is C10H9FN2. The molecule has 0 unspecified atom stereocenters. The standard InChI is InChI=1S/C10H9FN2/c11-9-4-3-7(12)6-8(9)10-2-1-5-13-10/h1-6,13H,12H2.